The Morgan fingerprint density at radius 1 is 0.561 bits per heavy atom. The Labute approximate surface area is 333 Å². The third kappa shape index (κ3) is 6.86. The summed E-state index contributed by atoms with van der Waals surface area (Å²) in [5.41, 5.74) is 15.6. The van der Waals surface area contributed by atoms with Crippen LogP contribution in [0.4, 0.5) is 17.1 Å². The number of allylic oxidation sites excluding steroid dienone is 2. The highest BCUT2D eigenvalue weighted by atomic mass is 15.1. The summed E-state index contributed by atoms with van der Waals surface area (Å²) in [5.74, 6) is 0. The molecule has 2 aromatic heterocycles. The van der Waals surface area contributed by atoms with Gasteiger partial charge in [0.05, 0.1) is 16.7 Å². The van der Waals surface area contributed by atoms with E-state index < -0.39 is 0 Å². The van der Waals surface area contributed by atoms with E-state index in [-0.39, 0.29) is 0 Å². The fourth-order valence-electron chi connectivity index (χ4n) is 7.80. The Hall–Kier alpha value is -7.56. The molecule has 4 heteroatoms. The van der Waals surface area contributed by atoms with Crippen LogP contribution < -0.4 is 4.90 Å². The lowest BCUT2D eigenvalue weighted by Crippen LogP contribution is -2.10. The van der Waals surface area contributed by atoms with Crippen LogP contribution in [0.2, 0.25) is 0 Å². The molecule has 7 aromatic carbocycles. The van der Waals surface area contributed by atoms with Gasteiger partial charge < -0.3 is 9.47 Å². The molecule has 4 nitrogen and oxygen atoms in total. The zero-order chi connectivity index (χ0) is 38.6. The van der Waals surface area contributed by atoms with Crippen LogP contribution in [-0.2, 0) is 0 Å². The van der Waals surface area contributed by atoms with Crippen molar-refractivity contribution in [2.45, 2.75) is 6.92 Å². The molecule has 0 aliphatic rings. The van der Waals surface area contributed by atoms with Gasteiger partial charge in [-0.15, -0.1) is 0 Å². The van der Waals surface area contributed by atoms with Gasteiger partial charge in [0.25, 0.3) is 0 Å². The Morgan fingerprint density at radius 3 is 1.75 bits per heavy atom. The van der Waals surface area contributed by atoms with Gasteiger partial charge in [-0.25, -0.2) is 0 Å². The number of nitrogens with zero attached hydrogens (tertiary/aromatic N) is 4. The van der Waals surface area contributed by atoms with E-state index in [1.165, 1.54) is 38.5 Å². The first-order valence-electron chi connectivity index (χ1n) is 19.2. The summed E-state index contributed by atoms with van der Waals surface area (Å²) >= 11 is 0. The number of aliphatic imine (C=N–C) groups is 1. The number of fused-ring (bicyclic) bond motifs is 3. The molecular formula is C53H40N4. The van der Waals surface area contributed by atoms with Crippen molar-refractivity contribution in [2.75, 3.05) is 4.90 Å². The van der Waals surface area contributed by atoms with Crippen LogP contribution >= 0.6 is 0 Å². The van der Waals surface area contributed by atoms with E-state index in [0.717, 1.165) is 50.7 Å². The van der Waals surface area contributed by atoms with Gasteiger partial charge >= 0.3 is 0 Å². The van der Waals surface area contributed by atoms with Gasteiger partial charge in [-0.1, -0.05) is 116 Å². The van der Waals surface area contributed by atoms with E-state index in [2.05, 4.69) is 196 Å². The fourth-order valence-corrected chi connectivity index (χ4v) is 7.80. The van der Waals surface area contributed by atoms with Crippen molar-refractivity contribution in [2.24, 2.45) is 4.99 Å². The molecule has 0 bridgehead atoms. The van der Waals surface area contributed by atoms with E-state index in [0.29, 0.717) is 0 Å². The summed E-state index contributed by atoms with van der Waals surface area (Å²) in [6, 6.07) is 65.2. The summed E-state index contributed by atoms with van der Waals surface area (Å²) < 4.78 is 2.41. The summed E-state index contributed by atoms with van der Waals surface area (Å²) in [6.45, 7) is 5.82. The monoisotopic (exact) mass is 732 g/mol. The van der Waals surface area contributed by atoms with E-state index in [1.807, 2.05) is 43.6 Å². The number of benzene rings is 7. The van der Waals surface area contributed by atoms with Crippen molar-refractivity contribution >= 4 is 44.6 Å². The normalized spacial score (nSPS) is 11.7. The largest absolute Gasteiger partial charge is 0.311 e. The van der Waals surface area contributed by atoms with Gasteiger partial charge in [0.1, 0.15) is 0 Å². The molecule has 2 heterocycles. The van der Waals surface area contributed by atoms with Crippen molar-refractivity contribution in [3.05, 3.63) is 225 Å². The van der Waals surface area contributed by atoms with Crippen LogP contribution in [0.5, 0.6) is 0 Å². The maximum Gasteiger partial charge on any atom is 0.0698 e. The van der Waals surface area contributed by atoms with Gasteiger partial charge in [0.15, 0.2) is 0 Å². The van der Waals surface area contributed by atoms with E-state index in [1.54, 1.807) is 6.20 Å². The number of hydrogen-bond donors (Lipinski definition) is 0. The lowest BCUT2D eigenvalue weighted by Gasteiger charge is -2.26. The minimum absolute atomic E-state index is 0.871. The van der Waals surface area contributed by atoms with Gasteiger partial charge in [-0.2, -0.15) is 0 Å². The number of aromatic nitrogens is 2. The van der Waals surface area contributed by atoms with Crippen molar-refractivity contribution in [1.29, 1.82) is 0 Å². The average molecular weight is 733 g/mol. The van der Waals surface area contributed by atoms with E-state index in [4.69, 9.17) is 0 Å². The maximum absolute atomic E-state index is 4.50. The number of para-hydroxylation sites is 2. The van der Waals surface area contributed by atoms with Gasteiger partial charge in [-0.05, 0) is 120 Å². The van der Waals surface area contributed by atoms with Crippen molar-refractivity contribution < 1.29 is 0 Å². The molecule has 0 radical (unpaired) electrons. The van der Waals surface area contributed by atoms with Crippen LogP contribution in [0, 0.1) is 0 Å². The molecule has 0 atom stereocenters. The first kappa shape index (κ1) is 35.2. The lowest BCUT2D eigenvalue weighted by atomic mass is 9.95. The molecule has 0 fully saturated rings. The Balaban J connectivity index is 1.17. The number of anilines is 3. The second-order valence-electron chi connectivity index (χ2n) is 13.9. The first-order valence-corrected chi connectivity index (χ1v) is 19.2. The summed E-state index contributed by atoms with van der Waals surface area (Å²) in [4.78, 5) is 11.0. The first-order chi connectivity index (χ1) is 28.2. The zero-order valence-corrected chi connectivity index (χ0v) is 31.7. The van der Waals surface area contributed by atoms with Crippen LogP contribution in [-0.4, -0.2) is 15.3 Å². The SMILES string of the molecule is C=CN=C(/C=C\C)c1ccc(N(c2ccc(-c3ccncc3)cc2)c2ccc(-c3cc(-c4ccccc4)c4c(c3)c3ccccc3n4-c3ccccc3)cc2)cc1. The molecule has 57 heavy (non-hydrogen) atoms. The van der Waals surface area contributed by atoms with Crippen LogP contribution in [0.25, 0.3) is 60.9 Å². The van der Waals surface area contributed by atoms with Crippen molar-refractivity contribution in [1.82, 2.24) is 9.55 Å². The molecular weight excluding hydrogens is 693 g/mol. The highest BCUT2D eigenvalue weighted by Crippen LogP contribution is 2.42. The molecule has 0 aliphatic heterocycles. The molecule has 0 saturated heterocycles. The fraction of sp³-hybridized carbons (Fsp3) is 0.0189. The number of hydrogen-bond acceptors (Lipinski definition) is 3. The second-order valence-corrected chi connectivity index (χ2v) is 13.9. The molecule has 0 spiro atoms. The predicted molar refractivity (Wildman–Crippen MR) is 241 cm³/mol. The lowest BCUT2D eigenvalue weighted by molar-refractivity contribution is 1.18. The zero-order valence-electron chi connectivity index (χ0n) is 31.7. The smallest absolute Gasteiger partial charge is 0.0698 e. The summed E-state index contributed by atoms with van der Waals surface area (Å²) in [5, 5.41) is 2.45. The second kappa shape index (κ2) is 15.7. The van der Waals surface area contributed by atoms with Crippen LogP contribution in [0.15, 0.2) is 224 Å². The van der Waals surface area contributed by atoms with Crippen LogP contribution in [0.3, 0.4) is 0 Å². The van der Waals surface area contributed by atoms with Crippen molar-refractivity contribution in [3.63, 3.8) is 0 Å². The molecule has 272 valence electrons. The Bertz CT molecular complexity index is 2870. The predicted octanol–water partition coefficient (Wildman–Crippen LogP) is 14.2. The summed E-state index contributed by atoms with van der Waals surface area (Å²) in [7, 11) is 0. The molecule has 0 amide bonds. The topological polar surface area (TPSA) is 33.4 Å². The molecule has 0 unspecified atom stereocenters. The minimum Gasteiger partial charge on any atom is -0.311 e. The van der Waals surface area contributed by atoms with Crippen LogP contribution in [0.1, 0.15) is 12.5 Å². The molecule has 0 N–H and O–H groups in total. The quantitative estimate of drug-likeness (QED) is 0.131. The standard InChI is InChI=1S/C53H40N4/c1-3-13-51(55-4-2)42-24-30-47(31-25-42)56(45-26-20-38(21-27-45)40-32-34-54-35-33-40)46-28-22-39(23-29-46)43-36-49(41-14-7-5-8-15-41)53-50(37-43)48-18-11-12-19-52(48)57(53)44-16-9-6-10-17-44/h3-37H,2H2,1H3/b13-3-,55-51?. The molecule has 9 aromatic rings. The molecule has 9 rings (SSSR count). The molecule has 0 saturated carbocycles. The maximum atomic E-state index is 4.50. The third-order valence-corrected chi connectivity index (χ3v) is 10.4. The summed E-state index contributed by atoms with van der Waals surface area (Å²) in [6.07, 6.45) is 9.25. The Kier molecular flexibility index (Phi) is 9.66. The Morgan fingerprint density at radius 2 is 1.12 bits per heavy atom. The van der Waals surface area contributed by atoms with E-state index in [9.17, 15) is 0 Å². The highest BCUT2D eigenvalue weighted by Gasteiger charge is 2.19. The molecule has 0 aliphatic carbocycles. The average Bonchev–Trinajstić information content (AvgIpc) is 3.62. The number of rotatable bonds is 10. The minimum atomic E-state index is 0.871. The third-order valence-electron chi connectivity index (χ3n) is 10.4. The highest BCUT2D eigenvalue weighted by molar-refractivity contribution is 6.15. The number of pyridine rings is 1. The van der Waals surface area contributed by atoms with Crippen molar-refractivity contribution in [3.8, 4) is 39.1 Å². The van der Waals surface area contributed by atoms with E-state index >= 15 is 0 Å². The van der Waals surface area contributed by atoms with Gasteiger partial charge in [0, 0.05) is 63.2 Å². The van der Waals surface area contributed by atoms with Gasteiger partial charge in [-0.3, -0.25) is 9.98 Å². The van der Waals surface area contributed by atoms with Gasteiger partial charge in [0.2, 0.25) is 0 Å².